The molecule has 3 nitrogen and oxygen atoms in total. The van der Waals surface area contributed by atoms with E-state index < -0.39 is 6.61 Å². The number of benzene rings is 1. The first-order valence-electron chi connectivity index (χ1n) is 6.87. The zero-order valence-corrected chi connectivity index (χ0v) is 12.3. The van der Waals surface area contributed by atoms with E-state index >= 15 is 0 Å². The van der Waals surface area contributed by atoms with E-state index in [9.17, 15) is 8.78 Å². The molecule has 1 atom stereocenters. The van der Waals surface area contributed by atoms with Crippen LogP contribution in [0.4, 0.5) is 8.78 Å². The van der Waals surface area contributed by atoms with Gasteiger partial charge in [-0.25, -0.2) is 0 Å². The third-order valence-corrected chi connectivity index (χ3v) is 3.24. The van der Waals surface area contributed by atoms with Crippen LogP contribution < -0.4 is 10.1 Å². The average molecular weight is 295 g/mol. The van der Waals surface area contributed by atoms with Gasteiger partial charge in [-0.1, -0.05) is 25.1 Å². The molecular weight excluding hydrogens is 276 g/mol. The van der Waals surface area contributed by atoms with Gasteiger partial charge >= 0.3 is 6.61 Å². The highest BCUT2D eigenvalue weighted by molar-refractivity contribution is 5.43. The zero-order chi connectivity index (χ0) is 15.4. The van der Waals surface area contributed by atoms with Crippen LogP contribution in [0.2, 0.25) is 0 Å². The Morgan fingerprint density at radius 2 is 1.90 bits per heavy atom. The Morgan fingerprint density at radius 1 is 1.19 bits per heavy atom. The van der Waals surface area contributed by atoms with Crippen LogP contribution >= 0.6 is 0 Å². The summed E-state index contributed by atoms with van der Waals surface area (Å²) in [5.41, 5.74) is 1.60. The number of alkyl halides is 2. The number of halogens is 2. The van der Waals surface area contributed by atoms with E-state index in [0.29, 0.717) is 12.1 Å². The van der Waals surface area contributed by atoms with Crippen molar-refractivity contribution in [2.24, 2.45) is 0 Å². The summed E-state index contributed by atoms with van der Waals surface area (Å²) in [7, 11) is 0. The number of hydrogen-bond donors (Lipinski definition) is 1. The largest absolute Gasteiger partial charge is 0.466 e. The number of aryl methyl sites for hydroxylation is 2. The highest BCUT2D eigenvalue weighted by atomic mass is 19.3. The fraction of sp³-hybridized carbons (Fsp3) is 0.375. The molecule has 0 saturated heterocycles. The minimum Gasteiger partial charge on any atom is -0.466 e. The van der Waals surface area contributed by atoms with Gasteiger partial charge in [0.1, 0.15) is 17.3 Å². The molecular formula is C16H19F2NO2. The van der Waals surface area contributed by atoms with Gasteiger partial charge in [-0.3, -0.25) is 0 Å². The molecule has 0 bridgehead atoms. The number of hydrogen-bond acceptors (Lipinski definition) is 3. The van der Waals surface area contributed by atoms with Gasteiger partial charge in [0.15, 0.2) is 0 Å². The van der Waals surface area contributed by atoms with Crippen LogP contribution in [0.1, 0.15) is 35.6 Å². The first-order chi connectivity index (χ1) is 10.0. The second-order valence-corrected chi connectivity index (χ2v) is 4.78. The predicted octanol–water partition coefficient (Wildman–Crippen LogP) is 4.20. The van der Waals surface area contributed by atoms with E-state index in [1.165, 1.54) is 0 Å². The van der Waals surface area contributed by atoms with Gasteiger partial charge in [0, 0.05) is 11.1 Å². The Balaban J connectivity index is 2.45. The quantitative estimate of drug-likeness (QED) is 0.867. The normalized spacial score (nSPS) is 12.7. The van der Waals surface area contributed by atoms with Crippen molar-refractivity contribution in [1.29, 1.82) is 0 Å². The van der Waals surface area contributed by atoms with Gasteiger partial charge in [0.2, 0.25) is 0 Å². The number of furan rings is 1. The lowest BCUT2D eigenvalue weighted by atomic mass is 9.98. The topological polar surface area (TPSA) is 34.4 Å². The third-order valence-electron chi connectivity index (χ3n) is 3.24. The van der Waals surface area contributed by atoms with Crippen LogP contribution in [0.25, 0.3) is 0 Å². The number of nitrogens with one attached hydrogen (secondary N) is 1. The Hall–Kier alpha value is -1.88. The van der Waals surface area contributed by atoms with Gasteiger partial charge in [-0.2, -0.15) is 8.78 Å². The molecule has 0 saturated carbocycles. The SMILES string of the molecule is CCNC(c1ccccc1OC(F)F)c1cc(C)oc1C. The molecule has 1 N–H and O–H groups in total. The lowest BCUT2D eigenvalue weighted by Crippen LogP contribution is -2.23. The van der Waals surface area contributed by atoms with Crippen molar-refractivity contribution < 1.29 is 17.9 Å². The van der Waals surface area contributed by atoms with E-state index in [0.717, 1.165) is 17.1 Å². The Bertz CT molecular complexity index is 596. The van der Waals surface area contributed by atoms with Crippen LogP contribution in [0.5, 0.6) is 5.75 Å². The van der Waals surface area contributed by atoms with Crippen LogP contribution in [0, 0.1) is 13.8 Å². The van der Waals surface area contributed by atoms with Crippen LogP contribution in [0.3, 0.4) is 0 Å². The van der Waals surface area contributed by atoms with Gasteiger partial charge in [-0.15, -0.1) is 0 Å². The fourth-order valence-electron chi connectivity index (χ4n) is 2.45. The molecule has 1 unspecified atom stereocenters. The second-order valence-electron chi connectivity index (χ2n) is 4.78. The van der Waals surface area contributed by atoms with Gasteiger partial charge in [-0.05, 0) is 32.5 Å². The highest BCUT2D eigenvalue weighted by Crippen LogP contribution is 2.33. The molecule has 2 rings (SSSR count). The summed E-state index contributed by atoms with van der Waals surface area (Å²) < 4.78 is 35.3. The van der Waals surface area contributed by atoms with Gasteiger partial charge in [0.05, 0.1) is 6.04 Å². The summed E-state index contributed by atoms with van der Waals surface area (Å²) in [6, 6.07) is 8.49. The summed E-state index contributed by atoms with van der Waals surface area (Å²) in [6.07, 6.45) is 0. The van der Waals surface area contributed by atoms with E-state index in [-0.39, 0.29) is 11.8 Å². The lowest BCUT2D eigenvalue weighted by Gasteiger charge is -2.21. The molecule has 0 spiro atoms. The number of ether oxygens (including phenoxy) is 1. The molecule has 0 fully saturated rings. The minimum atomic E-state index is -2.85. The lowest BCUT2D eigenvalue weighted by molar-refractivity contribution is -0.0506. The summed E-state index contributed by atoms with van der Waals surface area (Å²) in [6.45, 7) is 3.54. The monoisotopic (exact) mass is 295 g/mol. The second kappa shape index (κ2) is 6.72. The fourth-order valence-corrected chi connectivity index (χ4v) is 2.45. The van der Waals surface area contributed by atoms with Crippen molar-refractivity contribution in [2.75, 3.05) is 6.54 Å². The molecule has 1 aromatic heterocycles. The van der Waals surface area contributed by atoms with Crippen molar-refractivity contribution in [3.63, 3.8) is 0 Å². The maximum atomic E-state index is 12.6. The summed E-state index contributed by atoms with van der Waals surface area (Å²) >= 11 is 0. The molecule has 0 radical (unpaired) electrons. The Morgan fingerprint density at radius 3 is 2.48 bits per heavy atom. The molecule has 5 heteroatoms. The van der Waals surface area contributed by atoms with Crippen molar-refractivity contribution in [2.45, 2.75) is 33.4 Å². The molecule has 0 aliphatic carbocycles. The van der Waals surface area contributed by atoms with Crippen molar-refractivity contribution in [1.82, 2.24) is 5.32 Å². The zero-order valence-electron chi connectivity index (χ0n) is 12.3. The van der Waals surface area contributed by atoms with Gasteiger partial charge in [0.25, 0.3) is 0 Å². The molecule has 2 aromatic rings. The standard InChI is InChI=1S/C16H19F2NO2/c1-4-19-15(13-9-10(2)20-11(13)3)12-7-5-6-8-14(12)21-16(17)18/h5-9,15-16,19H,4H2,1-3H3. The molecule has 114 valence electrons. The average Bonchev–Trinajstić information content (AvgIpc) is 2.75. The Kier molecular flexibility index (Phi) is 4.96. The van der Waals surface area contributed by atoms with E-state index in [1.54, 1.807) is 24.3 Å². The van der Waals surface area contributed by atoms with Crippen LogP contribution in [-0.2, 0) is 0 Å². The number of para-hydroxylation sites is 1. The van der Waals surface area contributed by atoms with Crippen LogP contribution in [-0.4, -0.2) is 13.2 Å². The first kappa shape index (κ1) is 15.5. The molecule has 1 aromatic carbocycles. The number of rotatable bonds is 6. The maximum Gasteiger partial charge on any atom is 0.387 e. The predicted molar refractivity (Wildman–Crippen MR) is 76.8 cm³/mol. The Labute approximate surface area is 122 Å². The summed E-state index contributed by atoms with van der Waals surface area (Å²) in [5.74, 6) is 1.74. The van der Waals surface area contributed by atoms with Crippen LogP contribution in [0.15, 0.2) is 34.7 Å². The third kappa shape index (κ3) is 3.61. The van der Waals surface area contributed by atoms with Crippen molar-refractivity contribution >= 4 is 0 Å². The molecule has 1 heterocycles. The maximum absolute atomic E-state index is 12.6. The first-order valence-corrected chi connectivity index (χ1v) is 6.87. The van der Waals surface area contributed by atoms with Crippen molar-refractivity contribution in [3.05, 3.63) is 53.0 Å². The van der Waals surface area contributed by atoms with E-state index in [4.69, 9.17) is 4.42 Å². The van der Waals surface area contributed by atoms with Gasteiger partial charge < -0.3 is 14.5 Å². The molecule has 0 aliphatic rings. The summed E-state index contributed by atoms with van der Waals surface area (Å²) in [4.78, 5) is 0. The molecule has 21 heavy (non-hydrogen) atoms. The molecule has 0 amide bonds. The van der Waals surface area contributed by atoms with E-state index in [1.807, 2.05) is 26.8 Å². The molecule has 0 aliphatic heterocycles. The highest BCUT2D eigenvalue weighted by Gasteiger charge is 2.22. The summed E-state index contributed by atoms with van der Waals surface area (Å²) in [5, 5.41) is 3.30. The smallest absolute Gasteiger partial charge is 0.387 e. The van der Waals surface area contributed by atoms with Crippen molar-refractivity contribution in [3.8, 4) is 5.75 Å². The van der Waals surface area contributed by atoms with E-state index in [2.05, 4.69) is 10.1 Å². The minimum absolute atomic E-state index is 0.178.